The van der Waals surface area contributed by atoms with Crippen LogP contribution in [-0.2, 0) is 9.53 Å². The number of esters is 1. The van der Waals surface area contributed by atoms with Gasteiger partial charge in [0.05, 0.1) is 28.6 Å². The van der Waals surface area contributed by atoms with Crippen molar-refractivity contribution in [1.82, 2.24) is 5.32 Å². The maximum atomic E-state index is 12.8. The molecular formula is C20H13ClN2O5. The molecule has 3 rings (SSSR count). The SMILES string of the molecule is N#CCCNC(=O)COC(=O)c1ccc2c(c1Cl)C(=O)c1ccccc1C2=O. The minimum atomic E-state index is -0.901. The fraction of sp³-hybridized carbons (Fsp3) is 0.150. The lowest BCUT2D eigenvalue weighted by Gasteiger charge is -2.19. The van der Waals surface area contributed by atoms with E-state index in [0.29, 0.717) is 0 Å². The molecule has 1 aliphatic carbocycles. The van der Waals surface area contributed by atoms with Gasteiger partial charge in [-0.15, -0.1) is 0 Å². The van der Waals surface area contributed by atoms with Gasteiger partial charge < -0.3 is 10.1 Å². The molecule has 0 bridgehead atoms. The highest BCUT2D eigenvalue weighted by molar-refractivity contribution is 6.41. The number of halogens is 1. The van der Waals surface area contributed by atoms with Gasteiger partial charge in [-0.1, -0.05) is 35.9 Å². The summed E-state index contributed by atoms with van der Waals surface area (Å²) in [5, 5.41) is 10.6. The van der Waals surface area contributed by atoms with Crippen LogP contribution in [0.5, 0.6) is 0 Å². The minimum absolute atomic E-state index is 0.0571. The van der Waals surface area contributed by atoms with Crippen molar-refractivity contribution in [1.29, 1.82) is 5.26 Å². The van der Waals surface area contributed by atoms with Crippen LogP contribution in [0.25, 0.3) is 0 Å². The molecule has 140 valence electrons. The molecule has 1 amide bonds. The molecule has 2 aromatic carbocycles. The number of nitriles is 1. The maximum absolute atomic E-state index is 12.8. The fourth-order valence-electron chi connectivity index (χ4n) is 2.82. The Bertz CT molecular complexity index is 1060. The Morgan fingerprint density at radius 2 is 1.71 bits per heavy atom. The molecule has 7 nitrogen and oxygen atoms in total. The first-order chi connectivity index (χ1) is 13.5. The van der Waals surface area contributed by atoms with Crippen molar-refractivity contribution >= 4 is 35.0 Å². The zero-order valence-electron chi connectivity index (χ0n) is 14.5. The number of carbonyl (C=O) groups is 4. The van der Waals surface area contributed by atoms with Crippen molar-refractivity contribution in [3.63, 3.8) is 0 Å². The van der Waals surface area contributed by atoms with Gasteiger partial charge in [0, 0.05) is 23.2 Å². The summed E-state index contributed by atoms with van der Waals surface area (Å²) in [7, 11) is 0. The molecule has 0 saturated carbocycles. The third kappa shape index (κ3) is 3.50. The number of ether oxygens (including phenoxy) is 1. The summed E-state index contributed by atoms with van der Waals surface area (Å²) < 4.78 is 4.91. The highest BCUT2D eigenvalue weighted by Crippen LogP contribution is 2.34. The lowest BCUT2D eigenvalue weighted by Crippen LogP contribution is -2.29. The summed E-state index contributed by atoms with van der Waals surface area (Å²) in [4.78, 5) is 49.3. The Balaban J connectivity index is 1.83. The molecule has 0 unspecified atom stereocenters. The minimum Gasteiger partial charge on any atom is -0.452 e. The number of carbonyl (C=O) groups excluding carboxylic acids is 4. The van der Waals surface area contributed by atoms with E-state index in [9.17, 15) is 19.2 Å². The first-order valence-electron chi connectivity index (χ1n) is 8.27. The van der Waals surface area contributed by atoms with Crippen LogP contribution in [0.3, 0.4) is 0 Å². The van der Waals surface area contributed by atoms with Gasteiger partial charge in [0.1, 0.15) is 0 Å². The highest BCUT2D eigenvalue weighted by Gasteiger charge is 2.33. The summed E-state index contributed by atoms with van der Waals surface area (Å²) >= 11 is 6.26. The number of hydrogen-bond donors (Lipinski definition) is 1. The van der Waals surface area contributed by atoms with Crippen LogP contribution in [0.15, 0.2) is 36.4 Å². The first kappa shape index (κ1) is 19.3. The van der Waals surface area contributed by atoms with Crippen LogP contribution in [0.4, 0.5) is 0 Å². The van der Waals surface area contributed by atoms with Crippen molar-refractivity contribution in [2.45, 2.75) is 6.42 Å². The number of hydrogen-bond acceptors (Lipinski definition) is 6. The molecule has 0 heterocycles. The van der Waals surface area contributed by atoms with E-state index in [-0.39, 0.29) is 51.6 Å². The second kappa shape index (κ2) is 8.03. The Kier molecular flexibility index (Phi) is 5.52. The number of ketones is 2. The Morgan fingerprint density at radius 1 is 1.04 bits per heavy atom. The normalized spacial score (nSPS) is 11.9. The highest BCUT2D eigenvalue weighted by atomic mass is 35.5. The number of nitrogens with one attached hydrogen (secondary N) is 1. The third-order valence-electron chi connectivity index (χ3n) is 4.14. The van der Waals surface area contributed by atoms with E-state index in [2.05, 4.69) is 5.32 Å². The van der Waals surface area contributed by atoms with E-state index >= 15 is 0 Å². The van der Waals surface area contributed by atoms with Gasteiger partial charge >= 0.3 is 5.97 Å². The Labute approximate surface area is 164 Å². The van der Waals surface area contributed by atoms with E-state index in [1.165, 1.54) is 18.2 Å². The lowest BCUT2D eigenvalue weighted by molar-refractivity contribution is -0.124. The quantitative estimate of drug-likeness (QED) is 0.523. The van der Waals surface area contributed by atoms with Crippen molar-refractivity contribution in [2.24, 2.45) is 0 Å². The van der Waals surface area contributed by atoms with Gasteiger partial charge in [-0.25, -0.2) is 4.79 Å². The van der Waals surface area contributed by atoms with Gasteiger partial charge in [0.25, 0.3) is 5.91 Å². The zero-order chi connectivity index (χ0) is 20.3. The van der Waals surface area contributed by atoms with Crippen LogP contribution in [0.2, 0.25) is 5.02 Å². The molecule has 0 radical (unpaired) electrons. The van der Waals surface area contributed by atoms with Gasteiger partial charge in [-0.2, -0.15) is 5.26 Å². The second-order valence-electron chi connectivity index (χ2n) is 5.89. The van der Waals surface area contributed by atoms with Crippen molar-refractivity contribution in [3.05, 3.63) is 69.2 Å². The predicted molar refractivity (Wildman–Crippen MR) is 98.3 cm³/mol. The largest absolute Gasteiger partial charge is 0.452 e. The first-order valence-corrected chi connectivity index (χ1v) is 8.65. The number of benzene rings is 2. The number of amides is 1. The van der Waals surface area contributed by atoms with Crippen molar-refractivity contribution in [3.8, 4) is 6.07 Å². The van der Waals surface area contributed by atoms with Crippen LogP contribution in [-0.4, -0.2) is 36.6 Å². The van der Waals surface area contributed by atoms with Crippen LogP contribution in [0, 0.1) is 11.3 Å². The second-order valence-corrected chi connectivity index (χ2v) is 6.27. The smallest absolute Gasteiger partial charge is 0.340 e. The maximum Gasteiger partial charge on any atom is 0.340 e. The molecule has 0 spiro atoms. The summed E-state index contributed by atoms with van der Waals surface area (Å²) in [6.45, 7) is -0.421. The van der Waals surface area contributed by atoms with Crippen molar-refractivity contribution in [2.75, 3.05) is 13.2 Å². The predicted octanol–water partition coefficient (Wildman–Crippen LogP) is 2.30. The molecule has 1 N–H and O–H groups in total. The fourth-order valence-corrected chi connectivity index (χ4v) is 3.15. The van der Waals surface area contributed by atoms with Crippen LogP contribution >= 0.6 is 11.6 Å². The van der Waals surface area contributed by atoms with E-state index in [4.69, 9.17) is 21.6 Å². The Morgan fingerprint density at radius 3 is 2.39 bits per heavy atom. The zero-order valence-corrected chi connectivity index (χ0v) is 15.2. The van der Waals surface area contributed by atoms with Gasteiger partial charge in [0.2, 0.25) is 0 Å². The molecule has 0 saturated heterocycles. The third-order valence-corrected chi connectivity index (χ3v) is 4.54. The van der Waals surface area contributed by atoms with E-state index in [1.54, 1.807) is 18.2 Å². The Hall–Kier alpha value is -3.50. The average Bonchev–Trinajstić information content (AvgIpc) is 2.70. The van der Waals surface area contributed by atoms with Gasteiger partial charge in [-0.05, 0) is 12.1 Å². The molecular weight excluding hydrogens is 384 g/mol. The summed E-state index contributed by atoms with van der Waals surface area (Å²) in [6, 6.07) is 10.9. The molecule has 2 aromatic rings. The topological polar surface area (TPSA) is 113 Å². The molecule has 0 fully saturated rings. The standard InChI is InChI=1S/C20H13ClN2O5/c21-17-14(20(27)28-10-15(24)23-9-3-8-22)7-6-13-16(17)19(26)12-5-2-1-4-11(12)18(13)25/h1-2,4-7H,3,9-10H2,(H,23,24). The summed E-state index contributed by atoms with van der Waals surface area (Å²) in [5.41, 5.74) is 0.424. The summed E-state index contributed by atoms with van der Waals surface area (Å²) in [6.07, 6.45) is 0.133. The number of nitrogens with zero attached hydrogens (tertiary/aromatic N) is 1. The molecule has 1 aliphatic rings. The van der Waals surface area contributed by atoms with Gasteiger partial charge in [0.15, 0.2) is 18.2 Å². The monoisotopic (exact) mass is 396 g/mol. The van der Waals surface area contributed by atoms with Crippen molar-refractivity contribution < 1.29 is 23.9 Å². The van der Waals surface area contributed by atoms with E-state index in [0.717, 1.165) is 0 Å². The van der Waals surface area contributed by atoms with E-state index in [1.807, 2.05) is 6.07 Å². The van der Waals surface area contributed by atoms with Gasteiger partial charge in [-0.3, -0.25) is 14.4 Å². The number of fused-ring (bicyclic) bond motifs is 2. The molecule has 0 aromatic heterocycles. The molecule has 0 aliphatic heterocycles. The molecule has 8 heteroatoms. The number of rotatable bonds is 5. The summed E-state index contributed by atoms with van der Waals surface area (Å²) in [5.74, 6) is -2.29. The molecule has 0 atom stereocenters. The average molecular weight is 397 g/mol. The van der Waals surface area contributed by atoms with E-state index < -0.39 is 24.3 Å². The molecule has 28 heavy (non-hydrogen) atoms. The van der Waals surface area contributed by atoms with Crippen LogP contribution < -0.4 is 5.32 Å². The van der Waals surface area contributed by atoms with Crippen LogP contribution in [0.1, 0.15) is 48.6 Å². The lowest BCUT2D eigenvalue weighted by atomic mass is 9.83.